The van der Waals surface area contributed by atoms with E-state index in [1.165, 1.54) is 43.2 Å². The van der Waals surface area contributed by atoms with E-state index in [1.54, 1.807) is 0 Å². The van der Waals surface area contributed by atoms with Crippen molar-refractivity contribution >= 4 is 0 Å². The van der Waals surface area contributed by atoms with Gasteiger partial charge in [-0.1, -0.05) is 101 Å². The van der Waals surface area contributed by atoms with Gasteiger partial charge in [-0.2, -0.15) is 0 Å². The molecule has 0 bridgehead atoms. The average molecular weight is 294 g/mol. The smallest absolute Gasteiger partial charge is 0.00893 e. The average Bonchev–Trinajstić information content (AvgIpc) is 2.56. The van der Waals surface area contributed by atoms with Crippen LogP contribution < -0.4 is 0 Å². The van der Waals surface area contributed by atoms with Crippen LogP contribution in [0.4, 0.5) is 0 Å². The SMILES string of the molecule is CCC(C)(C)CCCCC(c1ccccc1)c1ccccc1. The highest BCUT2D eigenvalue weighted by atomic mass is 14.2. The second-order valence-corrected chi connectivity index (χ2v) is 7.14. The Morgan fingerprint density at radius 1 is 0.773 bits per heavy atom. The molecule has 0 heterocycles. The molecule has 2 rings (SSSR count). The molecule has 0 aliphatic rings. The first kappa shape index (κ1) is 16.8. The van der Waals surface area contributed by atoms with Crippen molar-refractivity contribution in [2.24, 2.45) is 5.41 Å². The van der Waals surface area contributed by atoms with Crippen LogP contribution in [0.1, 0.15) is 69.9 Å². The van der Waals surface area contributed by atoms with Crippen molar-refractivity contribution in [2.75, 3.05) is 0 Å². The van der Waals surface area contributed by atoms with E-state index in [0.29, 0.717) is 11.3 Å². The van der Waals surface area contributed by atoms with Crippen molar-refractivity contribution in [1.82, 2.24) is 0 Å². The molecule has 0 radical (unpaired) electrons. The molecule has 0 aromatic heterocycles. The maximum Gasteiger partial charge on any atom is 0.00893 e. The fraction of sp³-hybridized carbons (Fsp3) is 0.455. The zero-order valence-electron chi connectivity index (χ0n) is 14.4. The van der Waals surface area contributed by atoms with E-state index in [-0.39, 0.29) is 0 Å². The van der Waals surface area contributed by atoms with E-state index in [1.807, 2.05) is 0 Å². The fourth-order valence-corrected chi connectivity index (χ4v) is 3.03. The summed E-state index contributed by atoms with van der Waals surface area (Å²) in [5.41, 5.74) is 3.39. The number of unbranched alkanes of at least 4 members (excludes halogenated alkanes) is 1. The van der Waals surface area contributed by atoms with Crippen LogP contribution in [0.3, 0.4) is 0 Å². The molecular weight excluding hydrogens is 264 g/mol. The maximum absolute atomic E-state index is 2.39. The van der Waals surface area contributed by atoms with E-state index in [2.05, 4.69) is 81.4 Å². The van der Waals surface area contributed by atoms with Crippen LogP contribution in [0.25, 0.3) is 0 Å². The lowest BCUT2D eigenvalue weighted by molar-refractivity contribution is 0.307. The third-order valence-electron chi connectivity index (χ3n) is 4.96. The zero-order valence-corrected chi connectivity index (χ0v) is 14.4. The van der Waals surface area contributed by atoms with E-state index >= 15 is 0 Å². The molecule has 0 fully saturated rings. The van der Waals surface area contributed by atoms with Gasteiger partial charge in [0.2, 0.25) is 0 Å². The van der Waals surface area contributed by atoms with Crippen molar-refractivity contribution in [3.63, 3.8) is 0 Å². The van der Waals surface area contributed by atoms with Crippen LogP contribution in [0.2, 0.25) is 0 Å². The standard InChI is InChI=1S/C22H30/c1-4-22(2,3)18-12-11-17-21(19-13-7-5-8-14-19)20-15-9-6-10-16-20/h5-10,13-16,21H,4,11-12,17-18H2,1-3H3. The first-order chi connectivity index (χ1) is 10.6. The van der Waals surface area contributed by atoms with Gasteiger partial charge in [-0.05, 0) is 29.4 Å². The quantitative estimate of drug-likeness (QED) is 0.469. The van der Waals surface area contributed by atoms with E-state index < -0.39 is 0 Å². The molecular formula is C22H30. The van der Waals surface area contributed by atoms with Crippen molar-refractivity contribution in [1.29, 1.82) is 0 Å². The number of benzene rings is 2. The highest BCUT2D eigenvalue weighted by Gasteiger charge is 2.16. The molecule has 0 saturated carbocycles. The van der Waals surface area contributed by atoms with Gasteiger partial charge >= 0.3 is 0 Å². The van der Waals surface area contributed by atoms with Gasteiger partial charge in [0, 0.05) is 5.92 Å². The minimum Gasteiger partial charge on any atom is -0.0649 e. The summed E-state index contributed by atoms with van der Waals surface area (Å²) in [6.45, 7) is 7.08. The summed E-state index contributed by atoms with van der Waals surface area (Å²) in [7, 11) is 0. The first-order valence-corrected chi connectivity index (χ1v) is 8.72. The fourth-order valence-electron chi connectivity index (χ4n) is 3.03. The lowest BCUT2D eigenvalue weighted by Gasteiger charge is -2.23. The van der Waals surface area contributed by atoms with Crippen molar-refractivity contribution in [3.8, 4) is 0 Å². The van der Waals surface area contributed by atoms with Gasteiger partial charge in [0.1, 0.15) is 0 Å². The Hall–Kier alpha value is -1.56. The van der Waals surface area contributed by atoms with Crippen molar-refractivity contribution in [2.45, 2.75) is 58.8 Å². The van der Waals surface area contributed by atoms with Gasteiger partial charge < -0.3 is 0 Å². The van der Waals surface area contributed by atoms with Crippen LogP contribution in [-0.4, -0.2) is 0 Å². The Bertz CT molecular complexity index is 485. The molecule has 0 amide bonds. The number of hydrogen-bond donors (Lipinski definition) is 0. The summed E-state index contributed by atoms with van der Waals surface area (Å²) in [5, 5.41) is 0. The Balaban J connectivity index is 2.01. The van der Waals surface area contributed by atoms with E-state index in [0.717, 1.165) is 0 Å². The van der Waals surface area contributed by atoms with Crippen LogP contribution in [0.15, 0.2) is 60.7 Å². The summed E-state index contributed by atoms with van der Waals surface area (Å²) in [4.78, 5) is 0. The third kappa shape index (κ3) is 5.02. The summed E-state index contributed by atoms with van der Waals surface area (Å²) in [6.07, 6.45) is 6.48. The van der Waals surface area contributed by atoms with Crippen LogP contribution in [-0.2, 0) is 0 Å². The topological polar surface area (TPSA) is 0 Å². The van der Waals surface area contributed by atoms with Crippen molar-refractivity contribution < 1.29 is 0 Å². The Kier molecular flexibility index (Phi) is 6.24. The second kappa shape index (κ2) is 8.17. The minimum atomic E-state index is 0.495. The Labute approximate surface area is 136 Å². The summed E-state index contributed by atoms with van der Waals surface area (Å²) >= 11 is 0. The number of rotatable bonds is 8. The normalized spacial score (nSPS) is 11.8. The summed E-state index contributed by atoms with van der Waals surface area (Å²) in [6, 6.07) is 21.9. The molecule has 0 saturated heterocycles. The molecule has 0 unspecified atom stereocenters. The Morgan fingerprint density at radius 3 is 1.73 bits per heavy atom. The monoisotopic (exact) mass is 294 g/mol. The number of hydrogen-bond acceptors (Lipinski definition) is 0. The molecule has 0 nitrogen and oxygen atoms in total. The third-order valence-corrected chi connectivity index (χ3v) is 4.96. The molecule has 22 heavy (non-hydrogen) atoms. The van der Waals surface area contributed by atoms with Crippen LogP contribution in [0, 0.1) is 5.41 Å². The zero-order chi connectivity index (χ0) is 15.8. The van der Waals surface area contributed by atoms with E-state index in [4.69, 9.17) is 0 Å². The predicted molar refractivity (Wildman–Crippen MR) is 97.3 cm³/mol. The molecule has 118 valence electrons. The Morgan fingerprint density at radius 2 is 1.27 bits per heavy atom. The van der Waals surface area contributed by atoms with Crippen molar-refractivity contribution in [3.05, 3.63) is 71.8 Å². The minimum absolute atomic E-state index is 0.495. The van der Waals surface area contributed by atoms with Gasteiger partial charge in [-0.25, -0.2) is 0 Å². The lowest BCUT2D eigenvalue weighted by Crippen LogP contribution is -2.09. The molecule has 0 aliphatic heterocycles. The summed E-state index contributed by atoms with van der Waals surface area (Å²) < 4.78 is 0. The highest BCUT2D eigenvalue weighted by molar-refractivity contribution is 5.32. The molecule has 0 atom stereocenters. The van der Waals surface area contributed by atoms with E-state index in [9.17, 15) is 0 Å². The first-order valence-electron chi connectivity index (χ1n) is 8.72. The summed E-state index contributed by atoms with van der Waals surface area (Å²) in [5.74, 6) is 0.534. The van der Waals surface area contributed by atoms with Gasteiger partial charge in [0.05, 0.1) is 0 Å². The van der Waals surface area contributed by atoms with Gasteiger partial charge in [-0.3, -0.25) is 0 Å². The van der Waals surface area contributed by atoms with Crippen LogP contribution >= 0.6 is 0 Å². The van der Waals surface area contributed by atoms with Gasteiger partial charge in [0.25, 0.3) is 0 Å². The van der Waals surface area contributed by atoms with Crippen LogP contribution in [0.5, 0.6) is 0 Å². The highest BCUT2D eigenvalue weighted by Crippen LogP contribution is 2.32. The molecule has 0 N–H and O–H groups in total. The maximum atomic E-state index is 2.39. The molecule has 0 aliphatic carbocycles. The molecule has 2 aromatic rings. The lowest BCUT2D eigenvalue weighted by atomic mass is 9.82. The van der Waals surface area contributed by atoms with Gasteiger partial charge in [0.15, 0.2) is 0 Å². The second-order valence-electron chi connectivity index (χ2n) is 7.14. The molecule has 2 aromatic carbocycles. The predicted octanol–water partition coefficient (Wildman–Crippen LogP) is 6.82. The molecule has 0 spiro atoms. The molecule has 0 heteroatoms. The largest absolute Gasteiger partial charge is 0.0649 e. The van der Waals surface area contributed by atoms with Gasteiger partial charge in [-0.15, -0.1) is 0 Å².